The number of rotatable bonds is 6. The molecule has 11 heteroatoms. The summed E-state index contributed by atoms with van der Waals surface area (Å²) in [6, 6.07) is 10.8. The predicted molar refractivity (Wildman–Crippen MR) is 126 cm³/mol. The highest BCUT2D eigenvalue weighted by atomic mass is 32.2. The molecule has 4 rings (SSSR count). The molecule has 2 aromatic heterocycles. The summed E-state index contributed by atoms with van der Waals surface area (Å²) in [5.74, 6) is -0.303. The zero-order chi connectivity index (χ0) is 24.6. The molecule has 34 heavy (non-hydrogen) atoms. The van der Waals surface area contributed by atoms with Gasteiger partial charge in [-0.2, -0.15) is 5.10 Å². The van der Waals surface area contributed by atoms with E-state index in [4.69, 9.17) is 4.52 Å². The van der Waals surface area contributed by atoms with Crippen LogP contribution >= 0.6 is 0 Å². The number of carbonyl (C=O) groups excluding carboxylic acids is 1. The third kappa shape index (κ3) is 4.37. The number of H-pyrrole nitrogens is 1. The number of sulfonamides is 1. The molecule has 2 aromatic carbocycles. The first kappa shape index (κ1) is 23.1. The Balaban J connectivity index is 1.47. The van der Waals surface area contributed by atoms with Gasteiger partial charge in [0.1, 0.15) is 11.4 Å². The molecule has 0 bridgehead atoms. The number of carbonyl (C=O) groups is 1. The Bertz CT molecular complexity index is 1490. The zero-order valence-electron chi connectivity index (χ0n) is 18.9. The molecule has 0 aliphatic heterocycles. The van der Waals surface area contributed by atoms with E-state index in [-0.39, 0.29) is 22.2 Å². The molecule has 1 amide bonds. The van der Waals surface area contributed by atoms with Gasteiger partial charge in [0.2, 0.25) is 5.88 Å². The molecule has 10 nitrogen and oxygen atoms in total. The molecule has 0 atom stereocenters. The van der Waals surface area contributed by atoms with Gasteiger partial charge in [-0.05, 0) is 75.2 Å². The maximum atomic E-state index is 12.6. The number of aryl methyl sites for hydroxylation is 2. The normalized spacial score (nSPS) is 11.4. The van der Waals surface area contributed by atoms with Crippen molar-refractivity contribution in [2.45, 2.75) is 32.6 Å². The van der Waals surface area contributed by atoms with Crippen molar-refractivity contribution in [3.05, 3.63) is 70.5 Å². The van der Waals surface area contributed by atoms with E-state index in [9.17, 15) is 18.3 Å². The second-order valence-electron chi connectivity index (χ2n) is 7.88. The minimum atomic E-state index is -3.89. The summed E-state index contributed by atoms with van der Waals surface area (Å²) < 4.78 is 32.6. The van der Waals surface area contributed by atoms with E-state index in [1.807, 2.05) is 19.9 Å². The zero-order valence-corrected chi connectivity index (χ0v) is 19.7. The first-order valence-electron chi connectivity index (χ1n) is 10.3. The second kappa shape index (κ2) is 8.67. The first-order chi connectivity index (χ1) is 16.1. The van der Waals surface area contributed by atoms with E-state index in [2.05, 4.69) is 25.4 Å². The lowest BCUT2D eigenvalue weighted by Gasteiger charge is -2.08. The van der Waals surface area contributed by atoms with E-state index >= 15 is 0 Å². The van der Waals surface area contributed by atoms with Gasteiger partial charge in [0.15, 0.2) is 0 Å². The molecular weight excluding hydrogens is 458 g/mol. The summed E-state index contributed by atoms with van der Waals surface area (Å²) in [6.07, 6.45) is 0. The van der Waals surface area contributed by atoms with Crippen LogP contribution in [0.4, 0.5) is 11.6 Å². The van der Waals surface area contributed by atoms with Crippen LogP contribution in [0.3, 0.4) is 0 Å². The number of aromatic nitrogens is 3. The van der Waals surface area contributed by atoms with Crippen LogP contribution in [0.25, 0.3) is 11.3 Å². The highest BCUT2D eigenvalue weighted by molar-refractivity contribution is 7.92. The largest absolute Gasteiger partial charge is 0.507 e. The number of benzene rings is 2. The number of amides is 1. The number of phenols is 1. The van der Waals surface area contributed by atoms with E-state index < -0.39 is 15.9 Å². The van der Waals surface area contributed by atoms with Gasteiger partial charge in [0, 0.05) is 16.8 Å². The molecule has 0 saturated heterocycles. The Kier molecular flexibility index (Phi) is 5.88. The van der Waals surface area contributed by atoms with Gasteiger partial charge < -0.3 is 14.9 Å². The van der Waals surface area contributed by atoms with E-state index in [1.165, 1.54) is 30.3 Å². The van der Waals surface area contributed by atoms with Crippen LogP contribution in [0.1, 0.15) is 32.9 Å². The topological polar surface area (TPSA) is 150 Å². The highest BCUT2D eigenvalue weighted by Gasteiger charge is 2.20. The summed E-state index contributed by atoms with van der Waals surface area (Å²) in [7, 11) is -3.89. The van der Waals surface area contributed by atoms with Crippen molar-refractivity contribution in [3.63, 3.8) is 0 Å². The van der Waals surface area contributed by atoms with Gasteiger partial charge in [-0.1, -0.05) is 11.2 Å². The van der Waals surface area contributed by atoms with Crippen LogP contribution < -0.4 is 10.0 Å². The molecule has 0 aliphatic rings. The highest BCUT2D eigenvalue weighted by Crippen LogP contribution is 2.32. The Labute approximate surface area is 196 Å². The molecule has 0 fully saturated rings. The van der Waals surface area contributed by atoms with Gasteiger partial charge in [-0.25, -0.2) is 13.1 Å². The SMILES string of the molecule is Cc1ccc(-c2cc(C(=O)Nc3ccc(S(=O)(=O)Nc4onc(C)c4C)cc3)[nH]n2)c(O)c1C. The van der Waals surface area contributed by atoms with E-state index in [0.717, 1.165) is 11.1 Å². The average Bonchev–Trinajstić information content (AvgIpc) is 3.41. The number of phenolic OH excluding ortho intramolecular Hbond substituents is 1. The molecule has 176 valence electrons. The van der Waals surface area contributed by atoms with Crippen molar-refractivity contribution in [2.75, 3.05) is 10.0 Å². The Morgan fingerprint density at radius 1 is 1.03 bits per heavy atom. The van der Waals surface area contributed by atoms with Crippen LogP contribution in [0, 0.1) is 27.7 Å². The average molecular weight is 482 g/mol. The molecule has 0 radical (unpaired) electrons. The maximum Gasteiger partial charge on any atom is 0.273 e. The summed E-state index contributed by atoms with van der Waals surface area (Å²) in [6.45, 7) is 7.11. The summed E-state index contributed by atoms with van der Waals surface area (Å²) >= 11 is 0. The molecular formula is C23H23N5O5S. The Morgan fingerprint density at radius 3 is 2.38 bits per heavy atom. The molecule has 0 saturated carbocycles. The molecule has 0 unspecified atom stereocenters. The second-order valence-corrected chi connectivity index (χ2v) is 9.56. The number of nitrogens with one attached hydrogen (secondary N) is 3. The lowest BCUT2D eigenvalue weighted by Crippen LogP contribution is -2.14. The smallest absolute Gasteiger partial charge is 0.273 e. The van der Waals surface area contributed by atoms with Crippen LogP contribution in [0.15, 0.2) is 51.9 Å². The fraction of sp³-hybridized carbons (Fsp3) is 0.174. The summed E-state index contributed by atoms with van der Waals surface area (Å²) in [5.41, 5.74) is 4.38. The fourth-order valence-electron chi connectivity index (χ4n) is 3.19. The maximum absolute atomic E-state index is 12.6. The number of anilines is 2. The van der Waals surface area contributed by atoms with Crippen LogP contribution in [-0.4, -0.2) is 34.8 Å². The van der Waals surface area contributed by atoms with E-state index in [0.29, 0.717) is 28.2 Å². The molecule has 0 aliphatic carbocycles. The molecule has 2 heterocycles. The van der Waals surface area contributed by atoms with Crippen molar-refractivity contribution in [1.29, 1.82) is 0 Å². The minimum absolute atomic E-state index is 0.00649. The quantitative estimate of drug-likeness (QED) is 0.324. The van der Waals surface area contributed by atoms with Gasteiger partial charge >= 0.3 is 0 Å². The minimum Gasteiger partial charge on any atom is -0.507 e. The molecule has 0 spiro atoms. The fourth-order valence-corrected chi connectivity index (χ4v) is 4.24. The van der Waals surface area contributed by atoms with Crippen molar-refractivity contribution in [2.24, 2.45) is 0 Å². The number of aromatic amines is 1. The third-order valence-electron chi connectivity index (χ3n) is 5.61. The van der Waals surface area contributed by atoms with Gasteiger partial charge in [0.05, 0.1) is 16.3 Å². The third-order valence-corrected chi connectivity index (χ3v) is 6.95. The van der Waals surface area contributed by atoms with Crippen molar-refractivity contribution in [1.82, 2.24) is 15.4 Å². The summed E-state index contributed by atoms with van der Waals surface area (Å²) in [4.78, 5) is 12.6. The van der Waals surface area contributed by atoms with Gasteiger partial charge in [-0.3, -0.25) is 9.89 Å². The van der Waals surface area contributed by atoms with Crippen molar-refractivity contribution >= 4 is 27.5 Å². The lowest BCUT2D eigenvalue weighted by molar-refractivity contribution is 0.102. The predicted octanol–water partition coefficient (Wildman–Crippen LogP) is 4.06. The van der Waals surface area contributed by atoms with E-state index in [1.54, 1.807) is 19.9 Å². The Hall–Kier alpha value is -4.12. The van der Waals surface area contributed by atoms with Gasteiger partial charge in [0.25, 0.3) is 15.9 Å². The Morgan fingerprint density at radius 2 is 1.74 bits per heavy atom. The first-order valence-corrected chi connectivity index (χ1v) is 11.8. The lowest BCUT2D eigenvalue weighted by atomic mass is 10.0. The number of aromatic hydroxyl groups is 1. The van der Waals surface area contributed by atoms with Crippen LogP contribution in [0.2, 0.25) is 0 Å². The number of hydrogen-bond acceptors (Lipinski definition) is 7. The number of nitrogens with zero attached hydrogens (tertiary/aromatic N) is 2. The monoisotopic (exact) mass is 481 g/mol. The van der Waals surface area contributed by atoms with Crippen LogP contribution in [0.5, 0.6) is 5.75 Å². The molecule has 4 aromatic rings. The van der Waals surface area contributed by atoms with Crippen molar-refractivity contribution < 1.29 is 22.8 Å². The van der Waals surface area contributed by atoms with Gasteiger partial charge in [-0.15, -0.1) is 0 Å². The summed E-state index contributed by atoms with van der Waals surface area (Å²) in [5, 5.41) is 23.6. The van der Waals surface area contributed by atoms with Crippen LogP contribution in [-0.2, 0) is 10.0 Å². The number of hydrogen-bond donors (Lipinski definition) is 4. The van der Waals surface area contributed by atoms with Crippen molar-refractivity contribution in [3.8, 4) is 17.0 Å². The molecule has 4 N–H and O–H groups in total. The standard InChI is InChI=1S/C23H23N5O5S/c1-12-5-10-18(21(29)13(12)2)19-11-20(26-25-19)22(30)24-16-6-8-17(9-7-16)34(31,32)28-23-14(3)15(4)27-33-23/h5-11,28-29H,1-4H3,(H,24,30)(H,25,26).